The van der Waals surface area contributed by atoms with Crippen LogP contribution < -0.4 is 5.84 Å². The molecule has 1 aliphatic carbocycles. The lowest BCUT2D eigenvalue weighted by molar-refractivity contribution is -0.143. The maximum Gasteiger partial charge on any atom is 0.307 e. The van der Waals surface area contributed by atoms with Gasteiger partial charge in [-0.25, -0.2) is 10.8 Å². The molecule has 0 fully saturated rings. The van der Waals surface area contributed by atoms with E-state index in [2.05, 4.69) is 4.99 Å². The smallest absolute Gasteiger partial charge is 0.307 e. The number of carbonyl (C=O) groups is 1. The fraction of sp³-hybridized carbons (Fsp3) is 0.467. The minimum Gasteiger partial charge on any atom is -0.481 e. The summed E-state index contributed by atoms with van der Waals surface area (Å²) in [6.45, 7) is 2.49. The molecular weight excluding hydrogens is 273 g/mol. The summed E-state index contributed by atoms with van der Waals surface area (Å²) in [4.78, 5) is 15.4. The summed E-state index contributed by atoms with van der Waals surface area (Å²) >= 11 is 0. The molecule has 3 aliphatic rings. The first-order valence-electron chi connectivity index (χ1n) is 7.16. The topological polar surface area (TPSA) is 78.9 Å². The van der Waals surface area contributed by atoms with Gasteiger partial charge in [0, 0.05) is 36.2 Å². The van der Waals surface area contributed by atoms with Crippen LogP contribution in [0, 0.1) is 11.8 Å². The van der Waals surface area contributed by atoms with Gasteiger partial charge in [-0.05, 0) is 24.5 Å². The molecule has 0 saturated carbocycles. The SMILES string of the molecule is CCC(C(=O)O)C1CCN(N)C2=C1C=C1C=C(F)N=C1C2. The Balaban J connectivity index is 2.02. The first-order valence-corrected chi connectivity index (χ1v) is 7.16. The van der Waals surface area contributed by atoms with Crippen LogP contribution in [0.4, 0.5) is 4.39 Å². The number of rotatable bonds is 3. The summed E-state index contributed by atoms with van der Waals surface area (Å²) in [5.74, 6) is 4.22. The molecular formula is C15H18FN3O2. The Bertz CT molecular complexity index is 618. The molecule has 5 nitrogen and oxygen atoms in total. The Hall–Kier alpha value is -1.95. The van der Waals surface area contributed by atoms with Gasteiger partial charge in [0.1, 0.15) is 0 Å². The number of hydrogen-bond acceptors (Lipinski definition) is 4. The number of nitrogens with zero attached hydrogens (tertiary/aromatic N) is 2. The van der Waals surface area contributed by atoms with E-state index in [1.165, 1.54) is 6.08 Å². The molecule has 2 heterocycles. The van der Waals surface area contributed by atoms with Gasteiger partial charge in [-0.15, -0.1) is 0 Å². The number of carboxylic acids is 1. The molecule has 21 heavy (non-hydrogen) atoms. The largest absolute Gasteiger partial charge is 0.481 e. The summed E-state index contributed by atoms with van der Waals surface area (Å²) in [7, 11) is 0. The summed E-state index contributed by atoms with van der Waals surface area (Å²) in [5, 5.41) is 11.1. The zero-order valence-electron chi connectivity index (χ0n) is 11.8. The van der Waals surface area contributed by atoms with Gasteiger partial charge in [-0.3, -0.25) is 4.79 Å². The fourth-order valence-corrected chi connectivity index (χ4v) is 3.42. The molecule has 3 N–H and O–H groups in total. The zero-order chi connectivity index (χ0) is 15.1. The number of halogens is 1. The quantitative estimate of drug-likeness (QED) is 0.617. The molecule has 0 spiro atoms. The Morgan fingerprint density at radius 3 is 3.05 bits per heavy atom. The van der Waals surface area contributed by atoms with Gasteiger partial charge in [0.05, 0.1) is 11.6 Å². The maximum atomic E-state index is 13.3. The van der Waals surface area contributed by atoms with E-state index in [1.54, 1.807) is 5.01 Å². The number of allylic oxidation sites excluding steroid dienone is 5. The van der Waals surface area contributed by atoms with E-state index in [9.17, 15) is 14.3 Å². The van der Waals surface area contributed by atoms with E-state index in [1.807, 2.05) is 13.0 Å². The van der Waals surface area contributed by atoms with Gasteiger partial charge in [0.2, 0.25) is 5.95 Å². The molecule has 6 heteroatoms. The van der Waals surface area contributed by atoms with Crippen molar-refractivity contribution in [2.45, 2.75) is 26.2 Å². The van der Waals surface area contributed by atoms with Crippen LogP contribution in [0.15, 0.2) is 39.9 Å². The third kappa shape index (κ3) is 2.29. The normalized spacial score (nSPS) is 25.8. The van der Waals surface area contributed by atoms with Crippen LogP contribution in [0.25, 0.3) is 0 Å². The van der Waals surface area contributed by atoms with Crippen molar-refractivity contribution in [3.63, 3.8) is 0 Å². The Kier molecular flexibility index (Phi) is 3.41. The van der Waals surface area contributed by atoms with Gasteiger partial charge >= 0.3 is 5.97 Å². The number of hydrazine groups is 1. The van der Waals surface area contributed by atoms with Crippen molar-refractivity contribution in [3.8, 4) is 0 Å². The van der Waals surface area contributed by atoms with Crippen molar-refractivity contribution >= 4 is 11.7 Å². The average molecular weight is 291 g/mol. The van der Waals surface area contributed by atoms with E-state index >= 15 is 0 Å². The van der Waals surface area contributed by atoms with E-state index < -0.39 is 17.8 Å². The number of carboxylic acid groups (broad SMARTS) is 1. The molecule has 0 aromatic rings. The second kappa shape index (κ2) is 5.11. The van der Waals surface area contributed by atoms with E-state index in [-0.39, 0.29) is 5.92 Å². The highest BCUT2D eigenvalue weighted by Gasteiger charge is 2.37. The zero-order valence-corrected chi connectivity index (χ0v) is 11.8. The van der Waals surface area contributed by atoms with Crippen molar-refractivity contribution in [1.29, 1.82) is 0 Å². The van der Waals surface area contributed by atoms with Crippen LogP contribution in [0.5, 0.6) is 0 Å². The maximum absolute atomic E-state index is 13.3. The third-order valence-electron chi connectivity index (χ3n) is 4.50. The Morgan fingerprint density at radius 1 is 1.62 bits per heavy atom. The third-order valence-corrected chi connectivity index (χ3v) is 4.50. The highest BCUT2D eigenvalue weighted by molar-refractivity contribution is 6.08. The van der Waals surface area contributed by atoms with Crippen LogP contribution in [-0.2, 0) is 4.79 Å². The first kappa shape index (κ1) is 14.0. The Labute approximate surface area is 122 Å². The summed E-state index contributed by atoms with van der Waals surface area (Å²) < 4.78 is 13.3. The fourth-order valence-electron chi connectivity index (χ4n) is 3.42. The number of fused-ring (bicyclic) bond motifs is 1. The molecule has 3 rings (SSSR count). The summed E-state index contributed by atoms with van der Waals surface area (Å²) in [5.41, 5.74) is 3.21. The van der Waals surface area contributed by atoms with E-state index in [0.717, 1.165) is 16.8 Å². The van der Waals surface area contributed by atoms with Crippen LogP contribution in [0.1, 0.15) is 26.2 Å². The molecule has 2 unspecified atom stereocenters. The van der Waals surface area contributed by atoms with Crippen molar-refractivity contribution in [2.75, 3.05) is 6.54 Å². The van der Waals surface area contributed by atoms with Gasteiger partial charge < -0.3 is 10.1 Å². The van der Waals surface area contributed by atoms with Crippen LogP contribution in [0.2, 0.25) is 0 Å². The van der Waals surface area contributed by atoms with E-state index in [0.29, 0.717) is 31.5 Å². The summed E-state index contributed by atoms with van der Waals surface area (Å²) in [6.07, 6.45) is 4.99. The Morgan fingerprint density at radius 2 is 2.38 bits per heavy atom. The van der Waals surface area contributed by atoms with Crippen LogP contribution in [0.3, 0.4) is 0 Å². The second-order valence-corrected chi connectivity index (χ2v) is 5.65. The highest BCUT2D eigenvalue weighted by Crippen LogP contribution is 2.40. The second-order valence-electron chi connectivity index (χ2n) is 5.65. The van der Waals surface area contributed by atoms with Crippen molar-refractivity contribution in [3.05, 3.63) is 34.9 Å². The van der Waals surface area contributed by atoms with Gasteiger partial charge in [-0.1, -0.05) is 6.92 Å². The number of aliphatic imine (C=N–C) groups is 1. The van der Waals surface area contributed by atoms with Gasteiger partial charge in [0.25, 0.3) is 0 Å². The summed E-state index contributed by atoms with van der Waals surface area (Å²) in [6, 6.07) is 0. The minimum atomic E-state index is -0.786. The lowest BCUT2D eigenvalue weighted by Gasteiger charge is -2.38. The van der Waals surface area contributed by atoms with Crippen molar-refractivity contribution in [2.24, 2.45) is 22.7 Å². The minimum absolute atomic E-state index is 0.0755. The van der Waals surface area contributed by atoms with Gasteiger partial charge in [0.15, 0.2) is 0 Å². The lowest BCUT2D eigenvalue weighted by Crippen LogP contribution is -2.42. The van der Waals surface area contributed by atoms with Crippen LogP contribution >= 0.6 is 0 Å². The van der Waals surface area contributed by atoms with E-state index in [4.69, 9.17) is 5.84 Å². The standard InChI is InChI=1S/C15H18FN3O2/c1-2-9(15(20)21)10-3-4-19(17)13-7-12-8(5-11(10)13)6-14(16)18-12/h5-6,9-10H,2-4,7,17H2,1H3,(H,20,21). The number of hydrogen-bond donors (Lipinski definition) is 2. The molecule has 0 aromatic carbocycles. The van der Waals surface area contributed by atoms with Crippen LogP contribution in [-0.4, -0.2) is 28.3 Å². The molecule has 2 aliphatic heterocycles. The monoisotopic (exact) mass is 291 g/mol. The average Bonchev–Trinajstić information content (AvgIpc) is 2.79. The van der Waals surface area contributed by atoms with Crippen molar-refractivity contribution < 1.29 is 14.3 Å². The molecule has 0 saturated heterocycles. The molecule has 0 radical (unpaired) electrons. The molecule has 0 aromatic heterocycles. The molecule has 112 valence electrons. The number of nitrogens with two attached hydrogens (primary N) is 1. The first-order chi connectivity index (χ1) is 10.0. The molecule has 0 bridgehead atoms. The lowest BCUT2D eigenvalue weighted by atomic mass is 9.75. The highest BCUT2D eigenvalue weighted by atomic mass is 19.1. The van der Waals surface area contributed by atoms with Gasteiger partial charge in [-0.2, -0.15) is 4.39 Å². The predicted molar refractivity (Wildman–Crippen MR) is 76.8 cm³/mol. The number of aliphatic carboxylic acids is 1. The predicted octanol–water partition coefficient (Wildman–Crippen LogP) is 2.14. The molecule has 2 atom stereocenters. The van der Waals surface area contributed by atoms with Crippen molar-refractivity contribution in [1.82, 2.24) is 5.01 Å². The molecule has 0 amide bonds.